The summed E-state index contributed by atoms with van der Waals surface area (Å²) in [4.78, 5) is 17.7. The van der Waals surface area contributed by atoms with Gasteiger partial charge >= 0.3 is 0 Å². The van der Waals surface area contributed by atoms with E-state index in [0.29, 0.717) is 0 Å². The number of nitrogens with zero attached hydrogens (tertiary/aromatic N) is 2. The van der Waals surface area contributed by atoms with Crippen molar-refractivity contribution in [3.63, 3.8) is 0 Å². The maximum atomic E-state index is 13.1. The van der Waals surface area contributed by atoms with Crippen molar-refractivity contribution in [1.82, 2.24) is 4.90 Å². The molecule has 1 saturated heterocycles. The van der Waals surface area contributed by atoms with Gasteiger partial charge < -0.3 is 15.0 Å². The number of carbonyl (C=O) groups is 1. The third-order valence-electron chi connectivity index (χ3n) is 6.92. The number of hydrogen-bond donors (Lipinski definition) is 1. The Balaban J connectivity index is 1.28. The van der Waals surface area contributed by atoms with Gasteiger partial charge in [-0.05, 0) is 73.8 Å². The molecule has 1 fully saturated rings. The molecule has 0 spiro atoms. The Morgan fingerprint density at radius 3 is 2.48 bits per heavy atom. The van der Waals surface area contributed by atoms with Crippen molar-refractivity contribution in [2.24, 2.45) is 0 Å². The summed E-state index contributed by atoms with van der Waals surface area (Å²) >= 11 is 0. The summed E-state index contributed by atoms with van der Waals surface area (Å²) in [6.07, 6.45) is 3.72. The Morgan fingerprint density at radius 2 is 1.81 bits per heavy atom. The molecule has 5 nitrogen and oxygen atoms in total. The molecule has 2 aliphatic rings. The van der Waals surface area contributed by atoms with Gasteiger partial charge in [-0.1, -0.05) is 13.3 Å². The average molecular weight is 426 g/mol. The molecule has 1 unspecified atom stereocenters. The molecule has 166 valence electrons. The number of anilines is 2. The summed E-state index contributed by atoms with van der Waals surface area (Å²) in [5.74, 6) is 0.725. The molecule has 1 N–H and O–H groups in total. The number of unbranched alkanes of at least 4 members (excludes halogenated alkanes) is 1. The van der Waals surface area contributed by atoms with E-state index in [1.165, 1.54) is 12.1 Å². The number of hydrogen-bond acceptors (Lipinski definition) is 4. The van der Waals surface area contributed by atoms with Crippen molar-refractivity contribution >= 4 is 17.3 Å². The Morgan fingerprint density at radius 1 is 1.06 bits per heavy atom. The Hall–Kier alpha value is -2.60. The van der Waals surface area contributed by atoms with Crippen LogP contribution in [-0.4, -0.2) is 50.6 Å². The summed E-state index contributed by atoms with van der Waals surface area (Å²) in [5, 5.41) is 3.07. The standard InChI is InChI=1S/C25H32FN3O2/c1-3-25(22-18-21(31-2)10-11-23(22)27-24(25)30)12-4-5-13-28-14-16-29(17-15-28)20-8-6-19(26)7-9-20/h6-11,18H,3-5,12-17H2,1-2H3,(H,27,30). The molecule has 6 heteroatoms. The number of methoxy groups -OCH3 is 1. The summed E-state index contributed by atoms with van der Waals surface area (Å²) < 4.78 is 18.5. The molecule has 1 atom stereocenters. The molecular weight excluding hydrogens is 393 g/mol. The van der Waals surface area contributed by atoms with Crippen LogP contribution in [0, 0.1) is 5.82 Å². The lowest BCUT2D eigenvalue weighted by atomic mass is 9.75. The monoisotopic (exact) mass is 425 g/mol. The van der Waals surface area contributed by atoms with E-state index in [0.717, 1.165) is 81.1 Å². The number of ether oxygens (including phenoxy) is 1. The van der Waals surface area contributed by atoms with Crippen molar-refractivity contribution in [2.75, 3.05) is 50.1 Å². The number of benzene rings is 2. The van der Waals surface area contributed by atoms with E-state index in [1.807, 2.05) is 30.3 Å². The second-order valence-electron chi connectivity index (χ2n) is 8.56. The van der Waals surface area contributed by atoms with Gasteiger partial charge in [-0.3, -0.25) is 9.69 Å². The van der Waals surface area contributed by atoms with Crippen molar-refractivity contribution in [3.05, 3.63) is 53.8 Å². The first-order valence-electron chi connectivity index (χ1n) is 11.3. The van der Waals surface area contributed by atoms with Crippen molar-refractivity contribution in [2.45, 2.75) is 38.0 Å². The van der Waals surface area contributed by atoms with Gasteiger partial charge in [-0.2, -0.15) is 0 Å². The number of halogens is 1. The van der Waals surface area contributed by atoms with E-state index < -0.39 is 5.41 Å². The van der Waals surface area contributed by atoms with Gasteiger partial charge in [0.2, 0.25) is 5.91 Å². The van der Waals surface area contributed by atoms with Crippen LogP contribution in [-0.2, 0) is 10.2 Å². The van der Waals surface area contributed by atoms with Gasteiger partial charge in [0.25, 0.3) is 0 Å². The molecule has 2 aromatic carbocycles. The number of carbonyl (C=O) groups excluding carboxylic acids is 1. The maximum Gasteiger partial charge on any atom is 0.235 e. The zero-order valence-corrected chi connectivity index (χ0v) is 18.5. The van der Waals surface area contributed by atoms with Gasteiger partial charge in [0, 0.05) is 37.6 Å². The quantitative estimate of drug-likeness (QED) is 0.636. The molecule has 1 amide bonds. The molecular formula is C25H32FN3O2. The zero-order chi connectivity index (χ0) is 21.8. The molecule has 2 aliphatic heterocycles. The smallest absolute Gasteiger partial charge is 0.235 e. The van der Waals surface area contributed by atoms with E-state index in [1.54, 1.807) is 7.11 Å². The van der Waals surface area contributed by atoms with Crippen LogP contribution in [0.5, 0.6) is 5.75 Å². The van der Waals surface area contributed by atoms with Crippen LogP contribution in [0.25, 0.3) is 0 Å². The maximum absolute atomic E-state index is 13.1. The Kier molecular flexibility index (Phi) is 6.46. The van der Waals surface area contributed by atoms with Gasteiger partial charge in [0.1, 0.15) is 11.6 Å². The lowest BCUT2D eigenvalue weighted by molar-refractivity contribution is -0.121. The first-order valence-corrected chi connectivity index (χ1v) is 11.3. The second kappa shape index (κ2) is 9.27. The fourth-order valence-electron chi connectivity index (χ4n) is 4.94. The number of amides is 1. The van der Waals surface area contributed by atoms with Crippen LogP contribution in [0.4, 0.5) is 15.8 Å². The fraction of sp³-hybridized carbons (Fsp3) is 0.480. The lowest BCUT2D eigenvalue weighted by Crippen LogP contribution is -2.46. The van der Waals surface area contributed by atoms with Crippen molar-refractivity contribution in [3.8, 4) is 5.75 Å². The van der Waals surface area contributed by atoms with Gasteiger partial charge in [0.05, 0.1) is 12.5 Å². The van der Waals surface area contributed by atoms with Crippen molar-refractivity contribution in [1.29, 1.82) is 0 Å². The minimum atomic E-state index is -0.453. The van der Waals surface area contributed by atoms with E-state index in [-0.39, 0.29) is 11.7 Å². The van der Waals surface area contributed by atoms with Crippen LogP contribution < -0.4 is 15.0 Å². The van der Waals surface area contributed by atoms with Gasteiger partial charge in [-0.25, -0.2) is 4.39 Å². The topological polar surface area (TPSA) is 44.8 Å². The molecule has 2 aromatic rings. The first-order chi connectivity index (χ1) is 15.1. The van der Waals surface area contributed by atoms with Crippen LogP contribution >= 0.6 is 0 Å². The normalized spacial score (nSPS) is 21.1. The minimum Gasteiger partial charge on any atom is -0.497 e. The first kappa shape index (κ1) is 21.6. The predicted octanol–water partition coefficient (Wildman–Crippen LogP) is 4.43. The van der Waals surface area contributed by atoms with Crippen molar-refractivity contribution < 1.29 is 13.9 Å². The average Bonchev–Trinajstić information content (AvgIpc) is 3.08. The molecule has 0 saturated carbocycles. The number of piperazine rings is 1. The molecule has 31 heavy (non-hydrogen) atoms. The summed E-state index contributed by atoms with van der Waals surface area (Å²) in [7, 11) is 1.66. The third kappa shape index (κ3) is 4.40. The number of nitrogens with one attached hydrogen (secondary N) is 1. The molecule has 0 bridgehead atoms. The van der Waals surface area contributed by atoms with Gasteiger partial charge in [0.15, 0.2) is 0 Å². The SMILES string of the molecule is CCC1(CCCCN2CCN(c3ccc(F)cc3)CC2)C(=O)Nc2ccc(OC)cc21. The fourth-order valence-corrected chi connectivity index (χ4v) is 4.94. The molecule has 0 aromatic heterocycles. The number of rotatable bonds is 8. The summed E-state index contributed by atoms with van der Waals surface area (Å²) in [5.41, 5.74) is 2.63. The summed E-state index contributed by atoms with van der Waals surface area (Å²) in [6, 6.07) is 12.6. The minimum absolute atomic E-state index is 0.117. The number of fused-ring (bicyclic) bond motifs is 1. The molecule has 0 aliphatic carbocycles. The second-order valence-corrected chi connectivity index (χ2v) is 8.56. The van der Waals surface area contributed by atoms with Crippen LogP contribution in [0.3, 0.4) is 0 Å². The Labute approximate surface area is 184 Å². The predicted molar refractivity (Wildman–Crippen MR) is 122 cm³/mol. The highest BCUT2D eigenvalue weighted by Crippen LogP contribution is 2.45. The highest BCUT2D eigenvalue weighted by molar-refractivity contribution is 6.06. The van der Waals surface area contributed by atoms with E-state index in [2.05, 4.69) is 22.0 Å². The Bertz CT molecular complexity index is 909. The highest BCUT2D eigenvalue weighted by atomic mass is 19.1. The molecule has 0 radical (unpaired) electrons. The van der Waals surface area contributed by atoms with E-state index >= 15 is 0 Å². The van der Waals surface area contributed by atoms with Crippen LogP contribution in [0.2, 0.25) is 0 Å². The van der Waals surface area contributed by atoms with E-state index in [9.17, 15) is 9.18 Å². The van der Waals surface area contributed by atoms with Crippen LogP contribution in [0.15, 0.2) is 42.5 Å². The molecule has 2 heterocycles. The largest absolute Gasteiger partial charge is 0.497 e. The lowest BCUT2D eigenvalue weighted by Gasteiger charge is -2.36. The van der Waals surface area contributed by atoms with Crippen LogP contribution in [0.1, 0.15) is 38.2 Å². The van der Waals surface area contributed by atoms with Gasteiger partial charge in [-0.15, -0.1) is 0 Å². The molecule has 4 rings (SSSR count). The highest BCUT2D eigenvalue weighted by Gasteiger charge is 2.44. The zero-order valence-electron chi connectivity index (χ0n) is 18.5. The summed E-state index contributed by atoms with van der Waals surface area (Å²) in [6.45, 7) is 7.08. The third-order valence-corrected chi connectivity index (χ3v) is 6.92. The van der Waals surface area contributed by atoms with E-state index in [4.69, 9.17) is 4.74 Å².